The van der Waals surface area contributed by atoms with Crippen LogP contribution in [0, 0.1) is 5.92 Å². The van der Waals surface area contributed by atoms with Crippen molar-refractivity contribution in [2.75, 3.05) is 19.3 Å². The lowest BCUT2D eigenvalue weighted by Crippen LogP contribution is -2.45. The Bertz CT molecular complexity index is 606. The largest absolute Gasteiger partial charge is 0.355 e. The summed E-state index contributed by atoms with van der Waals surface area (Å²) in [5, 5.41) is 6.51. The maximum Gasteiger partial charge on any atom is 0.191 e. The first kappa shape index (κ1) is 17.8. The molecule has 1 aromatic rings. The van der Waals surface area contributed by atoms with Crippen molar-refractivity contribution in [2.24, 2.45) is 10.9 Å². The first-order valence-electron chi connectivity index (χ1n) is 8.26. The Balaban J connectivity index is 1.80. The second-order valence-corrected chi connectivity index (χ2v) is 8.34. The summed E-state index contributed by atoms with van der Waals surface area (Å²) in [5.41, 5.74) is 0. The summed E-state index contributed by atoms with van der Waals surface area (Å²) in [6.45, 7) is 2.64. The van der Waals surface area contributed by atoms with Gasteiger partial charge in [-0.2, -0.15) is 0 Å². The summed E-state index contributed by atoms with van der Waals surface area (Å²) >= 11 is 0. The molecule has 0 amide bonds. The van der Waals surface area contributed by atoms with Gasteiger partial charge in [-0.1, -0.05) is 25.1 Å². The van der Waals surface area contributed by atoms with E-state index in [0.717, 1.165) is 18.8 Å². The van der Waals surface area contributed by atoms with Gasteiger partial charge >= 0.3 is 0 Å². The average molecular weight is 337 g/mol. The van der Waals surface area contributed by atoms with Crippen LogP contribution in [0.15, 0.2) is 40.2 Å². The maximum absolute atomic E-state index is 12.2. The zero-order chi connectivity index (χ0) is 16.7. The van der Waals surface area contributed by atoms with E-state index in [0.29, 0.717) is 23.4 Å². The molecule has 0 radical (unpaired) electrons. The Morgan fingerprint density at radius 3 is 2.43 bits per heavy atom. The molecule has 1 aromatic carbocycles. The number of aliphatic imine (C=N–C) groups is 1. The van der Waals surface area contributed by atoms with E-state index in [4.69, 9.17) is 0 Å². The summed E-state index contributed by atoms with van der Waals surface area (Å²) in [4.78, 5) is 4.56. The molecule has 1 aliphatic carbocycles. The zero-order valence-corrected chi connectivity index (χ0v) is 14.8. The summed E-state index contributed by atoms with van der Waals surface area (Å²) in [6, 6.07) is 8.99. The van der Waals surface area contributed by atoms with E-state index < -0.39 is 9.84 Å². The molecule has 128 valence electrons. The van der Waals surface area contributed by atoms with Gasteiger partial charge in [0.2, 0.25) is 0 Å². The molecule has 1 saturated carbocycles. The van der Waals surface area contributed by atoms with Gasteiger partial charge in [0.05, 0.1) is 10.6 Å². The van der Waals surface area contributed by atoms with Gasteiger partial charge in [-0.05, 0) is 43.7 Å². The van der Waals surface area contributed by atoms with Gasteiger partial charge in [-0.15, -0.1) is 0 Å². The lowest BCUT2D eigenvalue weighted by molar-refractivity contribution is 0.329. The van der Waals surface area contributed by atoms with Crippen LogP contribution in [0.2, 0.25) is 0 Å². The van der Waals surface area contributed by atoms with Gasteiger partial charge in [0, 0.05) is 19.6 Å². The normalized spacial score (nSPS) is 22.6. The molecule has 2 rings (SSSR count). The van der Waals surface area contributed by atoms with Crippen molar-refractivity contribution < 1.29 is 8.42 Å². The molecule has 0 atom stereocenters. The average Bonchev–Trinajstić information content (AvgIpc) is 2.56. The molecule has 0 saturated heterocycles. The van der Waals surface area contributed by atoms with Crippen molar-refractivity contribution in [1.82, 2.24) is 10.6 Å². The highest BCUT2D eigenvalue weighted by atomic mass is 32.2. The molecule has 0 unspecified atom stereocenters. The fourth-order valence-electron chi connectivity index (χ4n) is 2.84. The predicted molar refractivity (Wildman–Crippen MR) is 94.4 cm³/mol. The molecule has 2 N–H and O–H groups in total. The van der Waals surface area contributed by atoms with Crippen molar-refractivity contribution in [3.63, 3.8) is 0 Å². The van der Waals surface area contributed by atoms with E-state index >= 15 is 0 Å². The van der Waals surface area contributed by atoms with Gasteiger partial charge in [0.15, 0.2) is 15.8 Å². The Morgan fingerprint density at radius 1 is 1.17 bits per heavy atom. The van der Waals surface area contributed by atoms with Crippen LogP contribution in [0.4, 0.5) is 0 Å². The van der Waals surface area contributed by atoms with E-state index in [1.165, 1.54) is 12.8 Å². The molecular weight excluding hydrogens is 310 g/mol. The number of sulfone groups is 1. The topological polar surface area (TPSA) is 70.6 Å². The van der Waals surface area contributed by atoms with Crippen molar-refractivity contribution >= 4 is 15.8 Å². The second-order valence-electron chi connectivity index (χ2n) is 6.23. The molecule has 1 aliphatic rings. The molecular formula is C17H27N3O2S. The minimum atomic E-state index is -3.25. The lowest BCUT2D eigenvalue weighted by Gasteiger charge is -2.28. The SMILES string of the molecule is CN=C(NCCS(=O)(=O)c1ccccc1)NC1CCC(C)CC1. The summed E-state index contributed by atoms with van der Waals surface area (Å²) in [6.07, 6.45) is 4.75. The third-order valence-corrected chi connectivity index (χ3v) is 6.08. The first-order valence-corrected chi connectivity index (χ1v) is 9.91. The van der Waals surface area contributed by atoms with Crippen LogP contribution in [0.1, 0.15) is 32.6 Å². The predicted octanol–water partition coefficient (Wildman–Crippen LogP) is 2.20. The Hall–Kier alpha value is -1.56. The van der Waals surface area contributed by atoms with Crippen LogP contribution in [0.3, 0.4) is 0 Å². The number of rotatable bonds is 5. The summed E-state index contributed by atoms with van der Waals surface area (Å²) in [7, 11) is -1.54. The zero-order valence-electron chi connectivity index (χ0n) is 14.0. The highest BCUT2D eigenvalue weighted by Gasteiger charge is 2.19. The Kier molecular flexibility index (Phi) is 6.45. The third-order valence-electron chi connectivity index (χ3n) is 4.35. The third kappa shape index (κ3) is 5.53. The maximum atomic E-state index is 12.2. The first-order chi connectivity index (χ1) is 11.0. The number of hydrogen-bond acceptors (Lipinski definition) is 3. The molecule has 6 heteroatoms. The van der Waals surface area contributed by atoms with E-state index in [1.807, 2.05) is 6.07 Å². The van der Waals surface area contributed by atoms with Crippen LogP contribution in [-0.2, 0) is 9.84 Å². The summed E-state index contributed by atoms with van der Waals surface area (Å²) < 4.78 is 24.5. The number of hydrogen-bond donors (Lipinski definition) is 2. The molecule has 0 aliphatic heterocycles. The Labute approximate surface area is 139 Å². The van der Waals surface area contributed by atoms with Crippen LogP contribution < -0.4 is 10.6 Å². The van der Waals surface area contributed by atoms with Crippen molar-refractivity contribution in [2.45, 2.75) is 43.5 Å². The molecule has 0 aromatic heterocycles. The van der Waals surface area contributed by atoms with E-state index in [1.54, 1.807) is 31.3 Å². The molecule has 0 spiro atoms. The number of benzene rings is 1. The van der Waals surface area contributed by atoms with Crippen LogP contribution in [0.25, 0.3) is 0 Å². The fraction of sp³-hybridized carbons (Fsp3) is 0.588. The molecule has 0 heterocycles. The number of guanidine groups is 1. The lowest BCUT2D eigenvalue weighted by atomic mass is 9.87. The van der Waals surface area contributed by atoms with E-state index in [-0.39, 0.29) is 5.75 Å². The van der Waals surface area contributed by atoms with Gasteiger partial charge in [0.1, 0.15) is 0 Å². The van der Waals surface area contributed by atoms with Gasteiger partial charge in [-0.3, -0.25) is 4.99 Å². The molecule has 23 heavy (non-hydrogen) atoms. The van der Waals surface area contributed by atoms with E-state index in [2.05, 4.69) is 22.5 Å². The minimum absolute atomic E-state index is 0.0550. The van der Waals surface area contributed by atoms with Crippen molar-refractivity contribution in [1.29, 1.82) is 0 Å². The second kappa shape index (κ2) is 8.34. The monoisotopic (exact) mass is 337 g/mol. The smallest absolute Gasteiger partial charge is 0.191 e. The van der Waals surface area contributed by atoms with Crippen molar-refractivity contribution in [3.05, 3.63) is 30.3 Å². The van der Waals surface area contributed by atoms with Crippen LogP contribution in [0.5, 0.6) is 0 Å². The van der Waals surface area contributed by atoms with Crippen LogP contribution in [-0.4, -0.2) is 39.8 Å². The highest BCUT2D eigenvalue weighted by Crippen LogP contribution is 2.23. The van der Waals surface area contributed by atoms with Crippen molar-refractivity contribution in [3.8, 4) is 0 Å². The molecule has 1 fully saturated rings. The van der Waals surface area contributed by atoms with Gasteiger partial charge in [-0.25, -0.2) is 8.42 Å². The highest BCUT2D eigenvalue weighted by molar-refractivity contribution is 7.91. The molecule has 0 bridgehead atoms. The van der Waals surface area contributed by atoms with Gasteiger partial charge in [0.25, 0.3) is 0 Å². The van der Waals surface area contributed by atoms with Gasteiger partial charge < -0.3 is 10.6 Å². The Morgan fingerprint density at radius 2 is 1.83 bits per heavy atom. The van der Waals surface area contributed by atoms with E-state index in [9.17, 15) is 8.42 Å². The number of nitrogens with zero attached hydrogens (tertiary/aromatic N) is 1. The standard InChI is InChI=1S/C17H27N3O2S/c1-14-8-10-15(11-9-14)20-17(18-2)19-12-13-23(21,22)16-6-4-3-5-7-16/h3-7,14-15H,8-13H2,1-2H3,(H2,18,19,20). The quantitative estimate of drug-likeness (QED) is 0.638. The molecule has 5 nitrogen and oxygen atoms in total. The summed E-state index contributed by atoms with van der Waals surface area (Å²) in [5.74, 6) is 1.55. The minimum Gasteiger partial charge on any atom is -0.355 e. The van der Waals surface area contributed by atoms with Crippen LogP contribution >= 0.6 is 0 Å². The number of nitrogens with one attached hydrogen (secondary N) is 2. The fourth-order valence-corrected chi connectivity index (χ4v) is 4.02.